The smallest absolute Gasteiger partial charge is 0.150 e. The van der Waals surface area contributed by atoms with E-state index < -0.39 is 15.9 Å². The number of halogens is 1. The molecule has 4 nitrogen and oxygen atoms in total. The van der Waals surface area contributed by atoms with Crippen LogP contribution in [0.5, 0.6) is 0 Å². The van der Waals surface area contributed by atoms with Crippen molar-refractivity contribution in [2.45, 2.75) is 31.4 Å². The zero-order chi connectivity index (χ0) is 15.7. The number of likely N-dealkylation sites (tertiary alicyclic amines) is 1. The molecule has 2 fully saturated rings. The first kappa shape index (κ1) is 15.9. The number of aliphatic hydroxyl groups excluding tert-OH is 1. The Bertz CT molecular complexity index is 620. The monoisotopic (exact) mass is 327 g/mol. The van der Waals surface area contributed by atoms with Crippen LogP contribution in [0.3, 0.4) is 0 Å². The summed E-state index contributed by atoms with van der Waals surface area (Å²) in [5.41, 5.74) is 0.889. The Morgan fingerprint density at radius 3 is 2.68 bits per heavy atom. The lowest BCUT2D eigenvalue weighted by Gasteiger charge is -2.30. The quantitative estimate of drug-likeness (QED) is 0.919. The van der Waals surface area contributed by atoms with Gasteiger partial charge in [0, 0.05) is 19.1 Å². The van der Waals surface area contributed by atoms with E-state index in [-0.39, 0.29) is 23.4 Å². The first-order chi connectivity index (χ1) is 10.4. The predicted molar refractivity (Wildman–Crippen MR) is 82.7 cm³/mol. The Kier molecular flexibility index (Phi) is 4.52. The highest BCUT2D eigenvalue weighted by Gasteiger charge is 2.34. The van der Waals surface area contributed by atoms with Gasteiger partial charge in [0.2, 0.25) is 0 Å². The van der Waals surface area contributed by atoms with Crippen LogP contribution in [0.15, 0.2) is 24.3 Å². The average Bonchev–Trinajstić information content (AvgIpc) is 2.82. The summed E-state index contributed by atoms with van der Waals surface area (Å²) in [6, 6.07) is 6.56. The fraction of sp³-hybridized carbons (Fsp3) is 0.625. The molecule has 2 atom stereocenters. The molecular weight excluding hydrogens is 305 g/mol. The van der Waals surface area contributed by atoms with E-state index in [1.165, 1.54) is 12.1 Å². The first-order valence-electron chi connectivity index (χ1n) is 7.81. The van der Waals surface area contributed by atoms with Gasteiger partial charge < -0.3 is 5.11 Å². The van der Waals surface area contributed by atoms with E-state index in [4.69, 9.17) is 0 Å². The van der Waals surface area contributed by atoms with Gasteiger partial charge in [0.1, 0.15) is 15.7 Å². The summed E-state index contributed by atoms with van der Waals surface area (Å²) in [6.07, 6.45) is 1.57. The van der Waals surface area contributed by atoms with Gasteiger partial charge in [-0.25, -0.2) is 12.8 Å². The van der Waals surface area contributed by atoms with Crippen LogP contribution >= 0.6 is 0 Å². The molecule has 2 unspecified atom stereocenters. The molecule has 2 aliphatic rings. The van der Waals surface area contributed by atoms with Crippen molar-refractivity contribution >= 4 is 9.84 Å². The van der Waals surface area contributed by atoms with Crippen molar-refractivity contribution in [2.75, 3.05) is 24.6 Å². The summed E-state index contributed by atoms with van der Waals surface area (Å²) in [5, 5.41) is 9.98. The van der Waals surface area contributed by atoms with Crippen LogP contribution in [0, 0.1) is 11.7 Å². The van der Waals surface area contributed by atoms with Gasteiger partial charge in [0.05, 0.1) is 17.6 Å². The topological polar surface area (TPSA) is 57.6 Å². The Morgan fingerprint density at radius 1 is 1.27 bits per heavy atom. The van der Waals surface area contributed by atoms with Crippen molar-refractivity contribution in [1.82, 2.24) is 4.90 Å². The van der Waals surface area contributed by atoms with Gasteiger partial charge in [-0.05, 0) is 42.9 Å². The van der Waals surface area contributed by atoms with Crippen LogP contribution in [0.25, 0.3) is 0 Å². The lowest BCUT2D eigenvalue weighted by Crippen LogP contribution is -2.34. The summed E-state index contributed by atoms with van der Waals surface area (Å²) in [5.74, 6) is 0.602. The molecule has 1 aromatic rings. The highest BCUT2D eigenvalue weighted by atomic mass is 32.2. The van der Waals surface area contributed by atoms with E-state index in [9.17, 15) is 17.9 Å². The third-order valence-corrected chi connectivity index (χ3v) is 6.50. The van der Waals surface area contributed by atoms with E-state index in [1.54, 1.807) is 6.07 Å². The Hall–Kier alpha value is -0.980. The molecule has 122 valence electrons. The molecule has 0 radical (unpaired) electrons. The molecule has 22 heavy (non-hydrogen) atoms. The summed E-state index contributed by atoms with van der Waals surface area (Å²) in [6.45, 7) is 1.35. The zero-order valence-corrected chi connectivity index (χ0v) is 13.3. The summed E-state index contributed by atoms with van der Waals surface area (Å²) >= 11 is 0. The molecule has 2 saturated heterocycles. The molecule has 2 aliphatic heterocycles. The molecule has 0 aliphatic carbocycles. The second-order valence-electron chi connectivity index (χ2n) is 6.51. The number of aliphatic hydroxyl groups is 1. The van der Waals surface area contributed by atoms with Gasteiger partial charge in [-0.2, -0.15) is 0 Å². The average molecular weight is 327 g/mol. The zero-order valence-electron chi connectivity index (χ0n) is 12.5. The van der Waals surface area contributed by atoms with Gasteiger partial charge in [-0.15, -0.1) is 0 Å². The highest BCUT2D eigenvalue weighted by molar-refractivity contribution is 7.91. The van der Waals surface area contributed by atoms with E-state index in [0.29, 0.717) is 31.7 Å². The number of rotatable bonds is 3. The van der Waals surface area contributed by atoms with Crippen molar-refractivity contribution < 1.29 is 17.9 Å². The van der Waals surface area contributed by atoms with E-state index >= 15 is 0 Å². The third kappa shape index (κ3) is 3.67. The Balaban J connectivity index is 1.69. The molecular formula is C16H22FNO3S. The minimum Gasteiger partial charge on any atom is -0.392 e. The number of sulfone groups is 1. The normalized spacial score (nSPS) is 29.7. The van der Waals surface area contributed by atoms with Gasteiger partial charge in [0.15, 0.2) is 0 Å². The molecule has 0 bridgehead atoms. The largest absolute Gasteiger partial charge is 0.392 e. The SMILES string of the molecule is O=S1(=O)CCC(CN2CC(O)CC2c2cccc(F)c2)CC1. The van der Waals surface area contributed by atoms with Crippen LogP contribution in [0.2, 0.25) is 0 Å². The summed E-state index contributed by atoms with van der Waals surface area (Å²) in [7, 11) is -2.85. The molecule has 0 saturated carbocycles. The molecule has 6 heteroatoms. The van der Waals surface area contributed by atoms with Crippen LogP contribution in [-0.4, -0.2) is 49.1 Å². The van der Waals surface area contributed by atoms with E-state index in [0.717, 1.165) is 12.1 Å². The lowest BCUT2D eigenvalue weighted by atomic mass is 9.99. The van der Waals surface area contributed by atoms with Gasteiger partial charge in [-0.3, -0.25) is 4.90 Å². The van der Waals surface area contributed by atoms with E-state index in [1.807, 2.05) is 6.07 Å². The van der Waals surface area contributed by atoms with Crippen LogP contribution < -0.4 is 0 Å². The third-order valence-electron chi connectivity index (χ3n) is 4.78. The minimum atomic E-state index is -2.85. The Labute approximate surface area is 130 Å². The molecule has 0 aromatic heterocycles. The van der Waals surface area contributed by atoms with Gasteiger partial charge in [0.25, 0.3) is 0 Å². The van der Waals surface area contributed by atoms with Gasteiger partial charge >= 0.3 is 0 Å². The summed E-state index contributed by atoms with van der Waals surface area (Å²) in [4.78, 5) is 2.18. The predicted octanol–water partition coefficient (Wildman–Crippen LogP) is 1.76. The van der Waals surface area contributed by atoms with Crippen LogP contribution in [0.4, 0.5) is 4.39 Å². The number of β-amino-alcohol motifs (C(OH)–C–C–N with tert-alkyl or cyclic N) is 1. The van der Waals surface area contributed by atoms with Crippen LogP contribution in [0.1, 0.15) is 30.9 Å². The molecule has 0 amide bonds. The number of hydrogen-bond donors (Lipinski definition) is 1. The molecule has 1 N–H and O–H groups in total. The van der Waals surface area contributed by atoms with Gasteiger partial charge in [-0.1, -0.05) is 12.1 Å². The second-order valence-corrected chi connectivity index (χ2v) is 8.81. The van der Waals surface area contributed by atoms with Crippen molar-refractivity contribution in [3.8, 4) is 0 Å². The number of hydrogen-bond acceptors (Lipinski definition) is 4. The maximum atomic E-state index is 13.4. The van der Waals surface area contributed by atoms with Crippen molar-refractivity contribution in [2.24, 2.45) is 5.92 Å². The standard InChI is InChI=1S/C16H22FNO3S/c17-14-3-1-2-13(8-14)16-9-15(19)11-18(16)10-12-4-6-22(20,21)7-5-12/h1-3,8,12,15-16,19H,4-7,9-11H2. The lowest BCUT2D eigenvalue weighted by molar-refractivity contribution is 0.163. The fourth-order valence-corrected chi connectivity index (χ4v) is 5.18. The summed E-state index contributed by atoms with van der Waals surface area (Å²) < 4.78 is 36.5. The fourth-order valence-electron chi connectivity index (χ4n) is 3.59. The maximum absolute atomic E-state index is 13.4. The van der Waals surface area contributed by atoms with Crippen molar-refractivity contribution in [3.05, 3.63) is 35.6 Å². The molecule has 3 rings (SSSR count). The molecule has 2 heterocycles. The number of benzene rings is 1. The minimum absolute atomic E-state index is 0.0178. The van der Waals surface area contributed by atoms with Crippen molar-refractivity contribution in [3.63, 3.8) is 0 Å². The number of nitrogens with zero attached hydrogens (tertiary/aromatic N) is 1. The van der Waals surface area contributed by atoms with E-state index in [2.05, 4.69) is 4.90 Å². The molecule has 0 spiro atoms. The maximum Gasteiger partial charge on any atom is 0.150 e. The highest BCUT2D eigenvalue weighted by Crippen LogP contribution is 2.34. The Morgan fingerprint density at radius 2 is 2.00 bits per heavy atom. The first-order valence-corrected chi connectivity index (χ1v) is 9.63. The van der Waals surface area contributed by atoms with Crippen molar-refractivity contribution in [1.29, 1.82) is 0 Å². The molecule has 1 aromatic carbocycles. The second kappa shape index (κ2) is 6.26. The van der Waals surface area contributed by atoms with Crippen LogP contribution in [-0.2, 0) is 9.84 Å².